The van der Waals surface area contributed by atoms with E-state index in [0.717, 1.165) is 44.9 Å². The maximum absolute atomic E-state index is 12.4. The van der Waals surface area contributed by atoms with Crippen LogP contribution in [0.25, 0.3) is 0 Å². The van der Waals surface area contributed by atoms with Crippen LogP contribution in [0.5, 0.6) is 0 Å². The van der Waals surface area contributed by atoms with Crippen molar-refractivity contribution in [1.29, 1.82) is 0 Å². The van der Waals surface area contributed by atoms with Gasteiger partial charge in [-0.3, -0.25) is 4.79 Å². The molecule has 4 aliphatic carbocycles. The highest BCUT2D eigenvalue weighted by atomic mass is 16.5. The molecule has 0 aromatic carbocycles. The number of hydrogen-bond donors (Lipinski definition) is 1. The van der Waals surface area contributed by atoms with Crippen LogP contribution in [0.2, 0.25) is 0 Å². The summed E-state index contributed by atoms with van der Waals surface area (Å²) in [6.45, 7) is 4.63. The van der Waals surface area contributed by atoms with Gasteiger partial charge < -0.3 is 9.84 Å². The summed E-state index contributed by atoms with van der Waals surface area (Å²) in [5.41, 5.74) is 1.54. The first-order valence-electron chi connectivity index (χ1n) is 9.34. The molecule has 1 N–H and O–H groups in total. The first-order chi connectivity index (χ1) is 10.9. The third-order valence-electron chi connectivity index (χ3n) is 8.12. The van der Waals surface area contributed by atoms with Crippen molar-refractivity contribution in [3.05, 3.63) is 11.6 Å². The Kier molecular flexibility index (Phi) is 3.55. The molecule has 0 unspecified atom stereocenters. The molecule has 0 heterocycles. The Labute approximate surface area is 139 Å². The quantitative estimate of drug-likeness (QED) is 0.753. The van der Waals surface area contributed by atoms with Gasteiger partial charge in [0.15, 0.2) is 0 Å². The summed E-state index contributed by atoms with van der Waals surface area (Å²) >= 11 is 0. The van der Waals surface area contributed by atoms with E-state index < -0.39 is 0 Å². The number of carbonyl (C=O) groups excluding carboxylic acids is 1. The fourth-order valence-corrected chi connectivity index (χ4v) is 6.68. The second-order valence-corrected chi connectivity index (χ2v) is 8.93. The molecular weight excluding hydrogens is 288 g/mol. The van der Waals surface area contributed by atoms with Gasteiger partial charge in [0.2, 0.25) is 0 Å². The van der Waals surface area contributed by atoms with Crippen LogP contribution >= 0.6 is 0 Å². The fraction of sp³-hybridized carbons (Fsp3) is 0.850. The SMILES string of the molecule is CO[C@H]1C[C@@]2(C)C(=CC[C@@H]3[C@@H]2CC[C@]2(C)C(=O)CC[C@@H]32)C[C@@H]1O. The summed E-state index contributed by atoms with van der Waals surface area (Å²) in [4.78, 5) is 12.4. The molecule has 3 saturated carbocycles. The average molecular weight is 318 g/mol. The van der Waals surface area contributed by atoms with Crippen molar-refractivity contribution in [2.45, 2.75) is 71.0 Å². The highest BCUT2D eigenvalue weighted by Gasteiger charge is 2.59. The minimum Gasteiger partial charge on any atom is -0.390 e. The zero-order valence-corrected chi connectivity index (χ0v) is 14.7. The van der Waals surface area contributed by atoms with E-state index in [0.29, 0.717) is 23.5 Å². The number of rotatable bonds is 1. The van der Waals surface area contributed by atoms with Crippen LogP contribution in [0.3, 0.4) is 0 Å². The molecule has 3 fully saturated rings. The van der Waals surface area contributed by atoms with Crippen LogP contribution in [0.4, 0.5) is 0 Å². The summed E-state index contributed by atoms with van der Waals surface area (Å²) in [5.74, 6) is 2.37. The summed E-state index contributed by atoms with van der Waals surface area (Å²) in [5, 5.41) is 10.3. The molecule has 128 valence electrons. The molecule has 0 aromatic heterocycles. The van der Waals surface area contributed by atoms with Crippen LogP contribution in [0.15, 0.2) is 11.6 Å². The van der Waals surface area contributed by atoms with Gasteiger partial charge in [0, 0.05) is 18.9 Å². The van der Waals surface area contributed by atoms with Gasteiger partial charge in [0.25, 0.3) is 0 Å². The number of ether oxygens (including phenoxy) is 1. The standard InChI is InChI=1S/C20H30O3/c1-19-9-8-15-13(14(19)6-7-18(19)22)5-4-12-10-16(21)17(23-3)11-20(12,15)2/h4,13-17,21H,5-11H2,1-3H3/t13-,14-,15-,16-,17-,19-,20-/m0/s1. The molecular formula is C20H30O3. The van der Waals surface area contributed by atoms with Gasteiger partial charge in [-0.1, -0.05) is 25.5 Å². The van der Waals surface area contributed by atoms with E-state index in [1.807, 2.05) is 0 Å². The Morgan fingerprint density at radius 3 is 2.70 bits per heavy atom. The van der Waals surface area contributed by atoms with Gasteiger partial charge >= 0.3 is 0 Å². The van der Waals surface area contributed by atoms with E-state index in [1.54, 1.807) is 7.11 Å². The van der Waals surface area contributed by atoms with E-state index in [2.05, 4.69) is 19.9 Å². The van der Waals surface area contributed by atoms with Gasteiger partial charge in [0.1, 0.15) is 5.78 Å². The monoisotopic (exact) mass is 318 g/mol. The number of aliphatic hydroxyl groups excluding tert-OH is 1. The van der Waals surface area contributed by atoms with Crippen molar-refractivity contribution in [1.82, 2.24) is 0 Å². The number of ketones is 1. The van der Waals surface area contributed by atoms with Crippen LogP contribution in [0.1, 0.15) is 58.8 Å². The van der Waals surface area contributed by atoms with Gasteiger partial charge in [-0.05, 0) is 61.7 Å². The third kappa shape index (κ3) is 2.05. The van der Waals surface area contributed by atoms with Crippen molar-refractivity contribution in [2.24, 2.45) is 28.6 Å². The number of carbonyl (C=O) groups is 1. The lowest BCUT2D eigenvalue weighted by Crippen LogP contribution is -2.53. The van der Waals surface area contributed by atoms with E-state index in [1.165, 1.54) is 5.57 Å². The van der Waals surface area contributed by atoms with Crippen LogP contribution in [-0.2, 0) is 9.53 Å². The highest BCUT2D eigenvalue weighted by Crippen LogP contribution is 2.64. The Morgan fingerprint density at radius 1 is 1.22 bits per heavy atom. The van der Waals surface area contributed by atoms with Crippen molar-refractivity contribution in [3.63, 3.8) is 0 Å². The maximum Gasteiger partial charge on any atom is 0.139 e. The summed E-state index contributed by atoms with van der Waals surface area (Å²) < 4.78 is 5.59. The lowest BCUT2D eigenvalue weighted by atomic mass is 9.48. The number of Topliss-reactive ketones (excluding diaryl/α,β-unsaturated/α-hetero) is 1. The second kappa shape index (κ2) is 5.16. The number of fused-ring (bicyclic) bond motifs is 5. The van der Waals surface area contributed by atoms with Gasteiger partial charge in [-0.25, -0.2) is 0 Å². The molecule has 0 radical (unpaired) electrons. The summed E-state index contributed by atoms with van der Waals surface area (Å²) in [6.07, 6.45) is 8.88. The average Bonchev–Trinajstić information content (AvgIpc) is 2.83. The Hall–Kier alpha value is -0.670. The molecule has 3 nitrogen and oxygen atoms in total. The van der Waals surface area contributed by atoms with Crippen LogP contribution < -0.4 is 0 Å². The molecule has 0 aliphatic heterocycles. The molecule has 7 atom stereocenters. The highest BCUT2D eigenvalue weighted by molar-refractivity contribution is 5.87. The van der Waals surface area contributed by atoms with E-state index in [4.69, 9.17) is 4.74 Å². The molecule has 0 saturated heterocycles. The van der Waals surface area contributed by atoms with Crippen molar-refractivity contribution >= 4 is 5.78 Å². The molecule has 3 heteroatoms. The zero-order chi connectivity index (χ0) is 16.4. The zero-order valence-electron chi connectivity index (χ0n) is 14.7. The van der Waals surface area contributed by atoms with Crippen LogP contribution in [0, 0.1) is 28.6 Å². The van der Waals surface area contributed by atoms with E-state index in [-0.39, 0.29) is 23.0 Å². The normalized spacial score (nSPS) is 52.4. The number of aliphatic hydroxyl groups is 1. The minimum absolute atomic E-state index is 0.0468. The smallest absolute Gasteiger partial charge is 0.139 e. The van der Waals surface area contributed by atoms with E-state index >= 15 is 0 Å². The number of hydrogen-bond acceptors (Lipinski definition) is 3. The molecule has 4 aliphatic rings. The summed E-state index contributed by atoms with van der Waals surface area (Å²) in [6, 6.07) is 0. The van der Waals surface area contributed by atoms with Crippen molar-refractivity contribution < 1.29 is 14.6 Å². The van der Waals surface area contributed by atoms with Crippen molar-refractivity contribution in [2.75, 3.05) is 7.11 Å². The molecule has 0 amide bonds. The van der Waals surface area contributed by atoms with Gasteiger partial charge in [-0.2, -0.15) is 0 Å². The van der Waals surface area contributed by atoms with Crippen LogP contribution in [-0.4, -0.2) is 30.2 Å². The predicted octanol–water partition coefficient (Wildman–Crippen LogP) is 3.50. The predicted molar refractivity (Wildman–Crippen MR) is 88.9 cm³/mol. The Morgan fingerprint density at radius 2 is 1.96 bits per heavy atom. The van der Waals surface area contributed by atoms with Crippen molar-refractivity contribution in [3.8, 4) is 0 Å². The lowest BCUT2D eigenvalue weighted by molar-refractivity contribution is -0.133. The van der Waals surface area contributed by atoms with Gasteiger partial charge in [-0.15, -0.1) is 0 Å². The van der Waals surface area contributed by atoms with Gasteiger partial charge in [0.05, 0.1) is 12.2 Å². The third-order valence-corrected chi connectivity index (χ3v) is 8.12. The topological polar surface area (TPSA) is 46.5 Å². The number of allylic oxidation sites excluding steroid dienone is 1. The lowest BCUT2D eigenvalue weighted by Gasteiger charge is -2.57. The maximum atomic E-state index is 12.4. The molecule has 0 spiro atoms. The minimum atomic E-state index is -0.363. The van der Waals surface area contributed by atoms with E-state index in [9.17, 15) is 9.90 Å². The number of methoxy groups -OCH3 is 1. The second-order valence-electron chi connectivity index (χ2n) is 8.93. The molecule has 23 heavy (non-hydrogen) atoms. The molecule has 0 bridgehead atoms. The molecule has 0 aromatic rings. The first-order valence-corrected chi connectivity index (χ1v) is 9.34. The molecule has 4 rings (SSSR count). The largest absolute Gasteiger partial charge is 0.390 e. The fourth-order valence-electron chi connectivity index (χ4n) is 6.68. The Balaban J connectivity index is 1.68. The summed E-state index contributed by atoms with van der Waals surface area (Å²) in [7, 11) is 1.72. The Bertz CT molecular complexity index is 553. The first kappa shape index (κ1) is 15.8.